The Kier molecular flexibility index (Phi) is 4.97. The Labute approximate surface area is 123 Å². The zero-order valence-electron chi connectivity index (χ0n) is 12.9. The van der Waals surface area contributed by atoms with Crippen molar-refractivity contribution in [3.63, 3.8) is 0 Å². The average Bonchev–Trinajstić information content (AvgIpc) is 2.49. The smallest absolute Gasteiger partial charge is 0.0826 e. The second-order valence-electron chi connectivity index (χ2n) is 6.78. The van der Waals surface area contributed by atoms with Gasteiger partial charge in [-0.25, -0.2) is 0 Å². The highest BCUT2D eigenvalue weighted by atomic mass is 16.5. The lowest BCUT2D eigenvalue weighted by atomic mass is 9.78. The fourth-order valence-electron chi connectivity index (χ4n) is 4.28. The Hall–Kier alpha value is -0.160. The van der Waals surface area contributed by atoms with Gasteiger partial charge in [-0.1, -0.05) is 19.3 Å². The normalized spacial score (nSPS) is 35.2. The van der Waals surface area contributed by atoms with Gasteiger partial charge in [0.1, 0.15) is 0 Å². The number of rotatable bonds is 3. The van der Waals surface area contributed by atoms with Crippen LogP contribution in [-0.2, 0) is 9.47 Å². The molecule has 0 aromatic carbocycles. The number of morpholine rings is 1. The van der Waals surface area contributed by atoms with Crippen molar-refractivity contribution in [2.45, 2.75) is 62.7 Å². The quantitative estimate of drug-likeness (QED) is 0.856. The summed E-state index contributed by atoms with van der Waals surface area (Å²) in [6.45, 7) is 4.99. The molecule has 2 heterocycles. The first-order valence-corrected chi connectivity index (χ1v) is 8.46. The Morgan fingerprint density at radius 2 is 2.05 bits per heavy atom. The van der Waals surface area contributed by atoms with Gasteiger partial charge in [0.15, 0.2) is 0 Å². The molecule has 3 rings (SSSR count). The van der Waals surface area contributed by atoms with Crippen molar-refractivity contribution in [3.8, 4) is 0 Å². The summed E-state index contributed by atoms with van der Waals surface area (Å²) in [4.78, 5) is 2.67. The second kappa shape index (κ2) is 6.73. The molecule has 0 amide bonds. The average molecular weight is 282 g/mol. The zero-order chi connectivity index (χ0) is 13.8. The van der Waals surface area contributed by atoms with Crippen molar-refractivity contribution in [3.05, 3.63) is 0 Å². The molecule has 1 spiro atoms. The standard InChI is InChI=1S/C16H30N2O2/c1-17-12-15-13-18(8-10-19-15)14-5-9-20-16(11-14)6-3-2-4-7-16/h14-15,17H,2-13H2,1H3. The van der Waals surface area contributed by atoms with E-state index in [1.54, 1.807) is 0 Å². The molecule has 2 atom stereocenters. The van der Waals surface area contributed by atoms with Gasteiger partial charge in [0.05, 0.1) is 18.3 Å². The van der Waals surface area contributed by atoms with Crippen LogP contribution >= 0.6 is 0 Å². The molecular weight excluding hydrogens is 252 g/mol. The Balaban J connectivity index is 1.58. The van der Waals surface area contributed by atoms with Gasteiger partial charge in [0.25, 0.3) is 0 Å². The predicted octanol–water partition coefficient (Wildman–Crippen LogP) is 1.79. The fraction of sp³-hybridized carbons (Fsp3) is 1.00. The number of hydrogen-bond donors (Lipinski definition) is 1. The van der Waals surface area contributed by atoms with Gasteiger partial charge in [0, 0.05) is 32.3 Å². The largest absolute Gasteiger partial charge is 0.375 e. The van der Waals surface area contributed by atoms with Gasteiger partial charge in [-0.3, -0.25) is 4.90 Å². The minimum Gasteiger partial charge on any atom is -0.375 e. The fourth-order valence-corrected chi connectivity index (χ4v) is 4.28. The van der Waals surface area contributed by atoms with Crippen molar-refractivity contribution in [2.24, 2.45) is 0 Å². The van der Waals surface area contributed by atoms with Crippen molar-refractivity contribution in [1.29, 1.82) is 0 Å². The molecule has 1 saturated carbocycles. The molecule has 20 heavy (non-hydrogen) atoms. The van der Waals surface area contributed by atoms with E-state index in [9.17, 15) is 0 Å². The van der Waals surface area contributed by atoms with Crippen LogP contribution in [0.4, 0.5) is 0 Å². The summed E-state index contributed by atoms with van der Waals surface area (Å²) < 4.78 is 12.1. The third-order valence-corrected chi connectivity index (χ3v) is 5.35. The van der Waals surface area contributed by atoms with Gasteiger partial charge in [0.2, 0.25) is 0 Å². The maximum absolute atomic E-state index is 6.23. The zero-order valence-corrected chi connectivity index (χ0v) is 12.9. The number of ether oxygens (including phenoxy) is 2. The lowest BCUT2D eigenvalue weighted by Gasteiger charge is -2.48. The molecule has 2 aliphatic heterocycles. The number of hydrogen-bond acceptors (Lipinski definition) is 4. The Morgan fingerprint density at radius 1 is 1.20 bits per heavy atom. The maximum Gasteiger partial charge on any atom is 0.0826 e. The molecule has 116 valence electrons. The van der Waals surface area contributed by atoms with E-state index in [-0.39, 0.29) is 5.60 Å². The van der Waals surface area contributed by atoms with Crippen molar-refractivity contribution in [1.82, 2.24) is 10.2 Å². The first-order valence-electron chi connectivity index (χ1n) is 8.46. The Morgan fingerprint density at radius 3 is 2.85 bits per heavy atom. The molecule has 4 nitrogen and oxygen atoms in total. The SMILES string of the molecule is CNCC1CN(C2CCOC3(CCCCC3)C2)CCO1. The summed E-state index contributed by atoms with van der Waals surface area (Å²) in [5, 5.41) is 3.24. The van der Waals surface area contributed by atoms with Crippen LogP contribution < -0.4 is 5.32 Å². The summed E-state index contributed by atoms with van der Waals surface area (Å²) in [7, 11) is 2.01. The van der Waals surface area contributed by atoms with Crippen LogP contribution in [0, 0.1) is 0 Å². The van der Waals surface area contributed by atoms with Gasteiger partial charge >= 0.3 is 0 Å². The van der Waals surface area contributed by atoms with Crippen LogP contribution in [-0.4, -0.2) is 62.5 Å². The van der Waals surface area contributed by atoms with Crippen LogP contribution in [0.3, 0.4) is 0 Å². The molecule has 1 aliphatic carbocycles. The molecule has 2 unspecified atom stereocenters. The predicted molar refractivity (Wildman–Crippen MR) is 80.0 cm³/mol. The lowest BCUT2D eigenvalue weighted by Crippen LogP contribution is -2.55. The molecule has 1 N–H and O–H groups in total. The molecule has 0 aromatic heterocycles. The van der Waals surface area contributed by atoms with E-state index in [4.69, 9.17) is 9.47 Å². The highest BCUT2D eigenvalue weighted by Crippen LogP contribution is 2.40. The molecule has 4 heteroatoms. The molecule has 3 aliphatic rings. The van der Waals surface area contributed by atoms with Gasteiger partial charge in [-0.05, 0) is 32.7 Å². The highest BCUT2D eigenvalue weighted by molar-refractivity contribution is 4.94. The maximum atomic E-state index is 6.23. The topological polar surface area (TPSA) is 33.7 Å². The van der Waals surface area contributed by atoms with Crippen molar-refractivity contribution >= 4 is 0 Å². The number of nitrogens with one attached hydrogen (secondary N) is 1. The van der Waals surface area contributed by atoms with Crippen molar-refractivity contribution in [2.75, 3.05) is 39.9 Å². The van der Waals surface area contributed by atoms with Crippen LogP contribution in [0.5, 0.6) is 0 Å². The number of likely N-dealkylation sites (N-methyl/N-ethyl adjacent to an activating group) is 1. The van der Waals surface area contributed by atoms with E-state index in [0.717, 1.165) is 32.8 Å². The van der Waals surface area contributed by atoms with E-state index in [0.29, 0.717) is 12.1 Å². The second-order valence-corrected chi connectivity index (χ2v) is 6.78. The monoisotopic (exact) mass is 282 g/mol. The third kappa shape index (κ3) is 3.35. The summed E-state index contributed by atoms with van der Waals surface area (Å²) in [5.41, 5.74) is 0.220. The molecule has 0 bridgehead atoms. The summed E-state index contributed by atoms with van der Waals surface area (Å²) in [5.74, 6) is 0. The molecule has 0 aromatic rings. The highest BCUT2D eigenvalue weighted by Gasteiger charge is 2.41. The van der Waals surface area contributed by atoms with E-state index < -0.39 is 0 Å². The van der Waals surface area contributed by atoms with Gasteiger partial charge in [-0.2, -0.15) is 0 Å². The van der Waals surface area contributed by atoms with Crippen LogP contribution in [0.15, 0.2) is 0 Å². The van der Waals surface area contributed by atoms with Crippen molar-refractivity contribution < 1.29 is 9.47 Å². The molecule has 2 saturated heterocycles. The molecular formula is C16H30N2O2. The van der Waals surface area contributed by atoms with Crippen LogP contribution in [0.1, 0.15) is 44.9 Å². The minimum absolute atomic E-state index is 0.220. The molecule has 3 fully saturated rings. The first kappa shape index (κ1) is 14.8. The Bertz CT molecular complexity index is 297. The third-order valence-electron chi connectivity index (χ3n) is 5.35. The summed E-state index contributed by atoms with van der Waals surface area (Å²) in [6.07, 6.45) is 9.50. The summed E-state index contributed by atoms with van der Waals surface area (Å²) in [6, 6.07) is 0.713. The van der Waals surface area contributed by atoms with Crippen LogP contribution in [0.25, 0.3) is 0 Å². The first-order chi connectivity index (χ1) is 9.81. The lowest BCUT2D eigenvalue weighted by molar-refractivity contribution is -0.137. The summed E-state index contributed by atoms with van der Waals surface area (Å²) >= 11 is 0. The molecule has 0 radical (unpaired) electrons. The van der Waals surface area contributed by atoms with E-state index in [1.807, 2.05) is 7.05 Å². The van der Waals surface area contributed by atoms with Crippen LogP contribution in [0.2, 0.25) is 0 Å². The van der Waals surface area contributed by atoms with E-state index in [1.165, 1.54) is 44.9 Å². The van der Waals surface area contributed by atoms with E-state index in [2.05, 4.69) is 10.2 Å². The minimum atomic E-state index is 0.220. The number of nitrogens with zero attached hydrogens (tertiary/aromatic N) is 1. The van der Waals surface area contributed by atoms with Gasteiger partial charge in [-0.15, -0.1) is 0 Å². The van der Waals surface area contributed by atoms with E-state index >= 15 is 0 Å². The van der Waals surface area contributed by atoms with Gasteiger partial charge < -0.3 is 14.8 Å².